The van der Waals surface area contributed by atoms with E-state index in [0.29, 0.717) is 0 Å². The number of carboxylic acids is 1. The van der Waals surface area contributed by atoms with Crippen LogP contribution in [-0.4, -0.2) is 46.8 Å². The zero-order valence-corrected chi connectivity index (χ0v) is 4.20. The summed E-state index contributed by atoms with van der Waals surface area (Å²) in [7, 11) is 0. The number of halogens is 3. The normalized spacial score (nSPS) is 9.90. The number of aliphatic carboxylic acids is 1. The second-order valence-corrected chi connectivity index (χ2v) is 1.28. The Balaban J connectivity index is 0. The van der Waals surface area contributed by atoms with Crippen molar-refractivity contribution in [1.82, 2.24) is 0 Å². The standard InChI is InChI=1S/C4H3F3O2.Na.H/c1-2(3(8)9)4(5,6)7;;/h1H2,(H,8,9);;. The van der Waals surface area contributed by atoms with Crippen LogP contribution in [0.4, 0.5) is 13.2 Å². The maximum absolute atomic E-state index is 11.2. The molecule has 10 heavy (non-hydrogen) atoms. The van der Waals surface area contributed by atoms with Crippen molar-refractivity contribution in [3.8, 4) is 0 Å². The average Bonchev–Trinajstić information content (AvgIpc) is 1.62. The van der Waals surface area contributed by atoms with Crippen molar-refractivity contribution in [2.24, 2.45) is 0 Å². The van der Waals surface area contributed by atoms with E-state index in [-0.39, 0.29) is 29.6 Å². The molecule has 0 aliphatic carbocycles. The quantitative estimate of drug-likeness (QED) is 0.453. The van der Waals surface area contributed by atoms with E-state index in [9.17, 15) is 18.0 Å². The fraction of sp³-hybridized carbons (Fsp3) is 0.250. The Morgan fingerprint density at radius 1 is 1.40 bits per heavy atom. The summed E-state index contributed by atoms with van der Waals surface area (Å²) in [5, 5.41) is 7.70. The molecule has 1 N–H and O–H groups in total. The van der Waals surface area contributed by atoms with Crippen LogP contribution in [0.1, 0.15) is 0 Å². The van der Waals surface area contributed by atoms with Gasteiger partial charge in [0.25, 0.3) is 0 Å². The Morgan fingerprint density at radius 2 is 1.70 bits per heavy atom. The van der Waals surface area contributed by atoms with E-state index in [4.69, 9.17) is 5.11 Å². The van der Waals surface area contributed by atoms with Crippen molar-refractivity contribution >= 4 is 35.5 Å². The van der Waals surface area contributed by atoms with Gasteiger partial charge in [-0.05, 0) is 0 Å². The summed E-state index contributed by atoms with van der Waals surface area (Å²) in [5.74, 6) is -2.04. The summed E-state index contributed by atoms with van der Waals surface area (Å²) in [5.41, 5.74) is -1.75. The zero-order chi connectivity index (χ0) is 7.65. The van der Waals surface area contributed by atoms with Crippen LogP contribution in [0, 0.1) is 0 Å². The first-order valence-corrected chi connectivity index (χ1v) is 1.85. The van der Waals surface area contributed by atoms with Crippen molar-refractivity contribution in [3.63, 3.8) is 0 Å². The molecule has 0 spiro atoms. The monoisotopic (exact) mass is 164 g/mol. The van der Waals surface area contributed by atoms with Crippen LogP contribution in [0.5, 0.6) is 0 Å². The van der Waals surface area contributed by atoms with Gasteiger partial charge in [-0.1, -0.05) is 6.58 Å². The van der Waals surface area contributed by atoms with Gasteiger partial charge in [0.1, 0.15) is 5.57 Å². The van der Waals surface area contributed by atoms with E-state index >= 15 is 0 Å². The summed E-state index contributed by atoms with van der Waals surface area (Å²) in [6, 6.07) is 0. The van der Waals surface area contributed by atoms with Gasteiger partial charge in [-0.15, -0.1) is 0 Å². The predicted molar refractivity (Wildman–Crippen MR) is 30.0 cm³/mol. The second-order valence-electron chi connectivity index (χ2n) is 1.28. The van der Waals surface area contributed by atoms with Crippen molar-refractivity contribution < 1.29 is 23.1 Å². The van der Waals surface area contributed by atoms with Crippen LogP contribution >= 0.6 is 0 Å². The van der Waals surface area contributed by atoms with E-state index in [2.05, 4.69) is 6.58 Å². The van der Waals surface area contributed by atoms with Crippen LogP contribution in [0.2, 0.25) is 0 Å². The molecule has 0 bridgehead atoms. The van der Waals surface area contributed by atoms with Crippen molar-refractivity contribution in [1.29, 1.82) is 0 Å². The number of hydrogen-bond acceptors (Lipinski definition) is 1. The third-order valence-corrected chi connectivity index (χ3v) is 0.600. The van der Waals surface area contributed by atoms with Gasteiger partial charge in [-0.25, -0.2) is 4.79 Å². The molecule has 0 aromatic rings. The van der Waals surface area contributed by atoms with Gasteiger partial charge >= 0.3 is 41.7 Å². The van der Waals surface area contributed by atoms with E-state index in [1.807, 2.05) is 0 Å². The molecule has 0 heterocycles. The molecular formula is C4H4F3NaO2. The Morgan fingerprint density at radius 3 is 1.70 bits per heavy atom. The SMILES string of the molecule is C=C(C(=O)O)C(F)(F)F.[NaH]. The van der Waals surface area contributed by atoms with Gasteiger partial charge in [0.2, 0.25) is 0 Å². The van der Waals surface area contributed by atoms with Crippen molar-refractivity contribution in [2.45, 2.75) is 6.18 Å². The van der Waals surface area contributed by atoms with Gasteiger partial charge in [-0.3, -0.25) is 0 Å². The van der Waals surface area contributed by atoms with Crippen LogP contribution in [-0.2, 0) is 4.79 Å². The molecule has 0 saturated carbocycles. The summed E-state index contributed by atoms with van der Waals surface area (Å²) < 4.78 is 33.7. The molecular weight excluding hydrogens is 160 g/mol. The Hall–Kier alpha value is -0.000000000000000222. The molecule has 0 atom stereocenters. The van der Waals surface area contributed by atoms with E-state index in [1.54, 1.807) is 0 Å². The number of carbonyl (C=O) groups is 1. The predicted octanol–water partition coefficient (Wildman–Crippen LogP) is 0.541. The minimum absolute atomic E-state index is 0. The van der Waals surface area contributed by atoms with E-state index in [0.717, 1.165) is 0 Å². The number of hydrogen-bond donors (Lipinski definition) is 1. The number of alkyl halides is 3. The molecule has 0 radical (unpaired) electrons. The first-order chi connectivity index (χ1) is 3.85. The first kappa shape index (κ1) is 12.7. The molecule has 0 aromatic heterocycles. The van der Waals surface area contributed by atoms with Crippen molar-refractivity contribution in [2.75, 3.05) is 0 Å². The van der Waals surface area contributed by atoms with Crippen LogP contribution in [0.3, 0.4) is 0 Å². The van der Waals surface area contributed by atoms with Gasteiger partial charge in [0.05, 0.1) is 0 Å². The molecule has 6 heteroatoms. The van der Waals surface area contributed by atoms with Gasteiger partial charge < -0.3 is 5.11 Å². The molecule has 0 fully saturated rings. The van der Waals surface area contributed by atoms with Gasteiger partial charge in [-0.2, -0.15) is 13.2 Å². The number of carboxylic acid groups (broad SMARTS) is 1. The summed E-state index contributed by atoms with van der Waals surface area (Å²) in [6.45, 7) is 2.30. The maximum atomic E-state index is 11.2. The average molecular weight is 164 g/mol. The summed E-state index contributed by atoms with van der Waals surface area (Å²) in [6.07, 6.45) is -4.81. The minimum atomic E-state index is -4.81. The first-order valence-electron chi connectivity index (χ1n) is 1.85. The molecule has 0 unspecified atom stereocenters. The van der Waals surface area contributed by atoms with E-state index in [1.165, 1.54) is 0 Å². The fourth-order valence-electron chi connectivity index (χ4n) is 0.121. The molecule has 0 aliphatic heterocycles. The third-order valence-electron chi connectivity index (χ3n) is 0.600. The molecule has 2 nitrogen and oxygen atoms in total. The van der Waals surface area contributed by atoms with Crippen LogP contribution in [0.25, 0.3) is 0 Å². The van der Waals surface area contributed by atoms with Crippen LogP contribution < -0.4 is 0 Å². The Kier molecular flexibility index (Phi) is 5.06. The molecule has 0 aromatic carbocycles. The molecule has 0 saturated heterocycles. The van der Waals surface area contributed by atoms with Gasteiger partial charge in [0.15, 0.2) is 0 Å². The summed E-state index contributed by atoms with van der Waals surface area (Å²) >= 11 is 0. The Bertz CT molecular complexity index is 151. The zero-order valence-electron chi connectivity index (χ0n) is 4.20. The molecule has 0 rings (SSSR count). The van der Waals surface area contributed by atoms with E-state index < -0.39 is 17.7 Å². The fourth-order valence-corrected chi connectivity index (χ4v) is 0.121. The molecule has 0 amide bonds. The van der Waals surface area contributed by atoms with Crippen LogP contribution in [0.15, 0.2) is 12.2 Å². The number of rotatable bonds is 1. The second kappa shape index (κ2) is 4.00. The molecule has 54 valence electrons. The van der Waals surface area contributed by atoms with Crippen molar-refractivity contribution in [3.05, 3.63) is 12.2 Å². The third kappa shape index (κ3) is 3.92. The summed E-state index contributed by atoms with van der Waals surface area (Å²) in [4.78, 5) is 9.53. The van der Waals surface area contributed by atoms with Gasteiger partial charge in [0, 0.05) is 0 Å². The molecule has 0 aliphatic rings. The Labute approximate surface area is 77.0 Å². The topological polar surface area (TPSA) is 37.3 Å².